The fourth-order valence-electron chi connectivity index (χ4n) is 5.17. The molecule has 4 saturated carbocycles. The van der Waals surface area contributed by atoms with E-state index in [4.69, 9.17) is 0 Å². The van der Waals surface area contributed by atoms with Crippen LogP contribution in [0.3, 0.4) is 0 Å². The van der Waals surface area contributed by atoms with Crippen molar-refractivity contribution in [2.24, 2.45) is 17.8 Å². The second kappa shape index (κ2) is 4.08. The molecule has 2 nitrogen and oxygen atoms in total. The second-order valence-corrected chi connectivity index (χ2v) is 8.00. The molecule has 0 saturated heterocycles. The van der Waals surface area contributed by atoms with Crippen molar-refractivity contribution >= 4 is 17.2 Å². The van der Waals surface area contributed by atoms with Crippen LogP contribution in [0.2, 0.25) is 0 Å². The Morgan fingerprint density at radius 3 is 2.26 bits per heavy atom. The first-order valence-corrected chi connectivity index (χ1v) is 8.38. The van der Waals surface area contributed by atoms with Crippen molar-refractivity contribution in [1.29, 1.82) is 0 Å². The van der Waals surface area contributed by atoms with Crippen molar-refractivity contribution < 1.29 is 4.79 Å². The van der Waals surface area contributed by atoms with Gasteiger partial charge in [-0.2, -0.15) is 0 Å². The molecule has 0 radical (unpaired) electrons. The van der Waals surface area contributed by atoms with Crippen LogP contribution in [0.25, 0.3) is 0 Å². The van der Waals surface area contributed by atoms with Crippen LogP contribution in [-0.2, 0) is 0 Å². The molecule has 0 aliphatic heterocycles. The lowest BCUT2D eigenvalue weighted by Gasteiger charge is -2.56. The number of rotatable bonds is 2. The second-order valence-electron chi connectivity index (χ2n) is 7.08. The minimum Gasteiger partial charge on any atom is -0.346 e. The number of nitrogens with one attached hydrogen (secondary N) is 1. The van der Waals surface area contributed by atoms with Crippen LogP contribution in [0.1, 0.15) is 53.8 Å². The van der Waals surface area contributed by atoms with Crippen LogP contribution < -0.4 is 5.32 Å². The number of amides is 1. The fraction of sp³-hybridized carbons (Fsp3) is 0.688. The van der Waals surface area contributed by atoms with Gasteiger partial charge in [-0.05, 0) is 80.2 Å². The molecule has 5 rings (SSSR count). The summed E-state index contributed by atoms with van der Waals surface area (Å²) in [5.74, 6) is 2.83. The van der Waals surface area contributed by atoms with E-state index >= 15 is 0 Å². The number of hydrogen-bond acceptors (Lipinski definition) is 2. The monoisotopic (exact) mass is 275 g/mol. The quantitative estimate of drug-likeness (QED) is 0.875. The number of hydrogen-bond donors (Lipinski definition) is 1. The number of carbonyl (C=O) groups excluding carboxylic acids is 1. The summed E-state index contributed by atoms with van der Waals surface area (Å²) >= 11 is 1.57. The minimum atomic E-state index is 0.141. The molecule has 1 N–H and O–H groups in total. The van der Waals surface area contributed by atoms with Gasteiger partial charge in [-0.25, -0.2) is 0 Å². The topological polar surface area (TPSA) is 29.1 Å². The summed E-state index contributed by atoms with van der Waals surface area (Å²) in [5.41, 5.74) is 1.26. The highest BCUT2D eigenvalue weighted by atomic mass is 32.1. The van der Waals surface area contributed by atoms with Crippen molar-refractivity contribution in [3.8, 4) is 0 Å². The van der Waals surface area contributed by atoms with E-state index in [-0.39, 0.29) is 11.4 Å². The van der Waals surface area contributed by atoms with Crippen molar-refractivity contribution in [1.82, 2.24) is 5.32 Å². The lowest BCUT2D eigenvalue weighted by molar-refractivity contribution is -0.0166. The van der Waals surface area contributed by atoms with Crippen LogP contribution in [0.5, 0.6) is 0 Å². The third kappa shape index (κ3) is 1.94. The summed E-state index contributed by atoms with van der Waals surface area (Å²) < 4.78 is 0. The molecule has 3 heteroatoms. The van der Waals surface area contributed by atoms with Gasteiger partial charge in [0.25, 0.3) is 5.91 Å². The van der Waals surface area contributed by atoms with E-state index in [1.807, 2.05) is 18.4 Å². The Kier molecular flexibility index (Phi) is 2.57. The zero-order valence-corrected chi connectivity index (χ0v) is 12.3. The summed E-state index contributed by atoms with van der Waals surface area (Å²) in [5, 5.41) is 5.46. The van der Waals surface area contributed by atoms with Gasteiger partial charge in [0.15, 0.2) is 0 Å². The van der Waals surface area contributed by atoms with E-state index in [1.165, 1.54) is 38.5 Å². The Bertz CT molecular complexity index is 483. The average Bonchev–Trinajstić information content (AvgIpc) is 2.72. The van der Waals surface area contributed by atoms with Gasteiger partial charge >= 0.3 is 0 Å². The molecule has 1 aromatic heterocycles. The van der Waals surface area contributed by atoms with E-state index in [0.29, 0.717) is 0 Å². The van der Waals surface area contributed by atoms with Gasteiger partial charge in [-0.15, -0.1) is 11.3 Å². The van der Waals surface area contributed by atoms with E-state index in [1.54, 1.807) is 11.3 Å². The maximum absolute atomic E-state index is 12.5. The largest absolute Gasteiger partial charge is 0.346 e. The minimum absolute atomic E-state index is 0.141. The van der Waals surface area contributed by atoms with Crippen LogP contribution in [0.4, 0.5) is 0 Å². The predicted molar refractivity (Wildman–Crippen MR) is 77.4 cm³/mol. The Hall–Kier alpha value is -0.830. The zero-order valence-electron chi connectivity index (χ0n) is 11.4. The third-order valence-corrected chi connectivity index (χ3v) is 6.50. The molecule has 1 aromatic rings. The first-order chi connectivity index (χ1) is 9.13. The van der Waals surface area contributed by atoms with Gasteiger partial charge in [0.2, 0.25) is 0 Å². The molecular formula is C16H21NOS. The highest BCUT2D eigenvalue weighted by molar-refractivity contribution is 7.12. The molecule has 0 atom stereocenters. The summed E-state index contributed by atoms with van der Waals surface area (Å²) in [6.45, 7) is 2.03. The van der Waals surface area contributed by atoms with Crippen molar-refractivity contribution in [3.63, 3.8) is 0 Å². The Balaban J connectivity index is 1.56. The molecule has 0 unspecified atom stereocenters. The van der Waals surface area contributed by atoms with E-state index in [2.05, 4.69) is 5.32 Å². The summed E-state index contributed by atoms with van der Waals surface area (Å²) in [6.07, 6.45) is 7.97. The molecule has 4 aliphatic rings. The summed E-state index contributed by atoms with van der Waals surface area (Å²) in [7, 11) is 0. The third-order valence-electron chi connectivity index (χ3n) is 5.49. The van der Waals surface area contributed by atoms with Gasteiger partial charge in [0.05, 0.1) is 4.88 Å². The van der Waals surface area contributed by atoms with Gasteiger partial charge in [0.1, 0.15) is 0 Å². The summed E-state index contributed by atoms with van der Waals surface area (Å²) in [6, 6.07) is 2.04. The number of carbonyl (C=O) groups is 1. The highest BCUT2D eigenvalue weighted by Gasteiger charge is 2.51. The van der Waals surface area contributed by atoms with E-state index < -0.39 is 0 Å². The normalized spacial score (nSPS) is 39.5. The Labute approximate surface area is 118 Å². The molecule has 1 heterocycles. The smallest absolute Gasteiger partial charge is 0.262 e. The van der Waals surface area contributed by atoms with Gasteiger partial charge in [0, 0.05) is 5.54 Å². The molecular weight excluding hydrogens is 254 g/mol. The molecule has 4 aliphatic carbocycles. The van der Waals surface area contributed by atoms with Gasteiger partial charge in [-0.3, -0.25) is 4.79 Å². The van der Waals surface area contributed by atoms with Gasteiger partial charge in [-0.1, -0.05) is 0 Å². The first kappa shape index (κ1) is 12.0. The molecule has 0 spiro atoms. The van der Waals surface area contributed by atoms with Crippen molar-refractivity contribution in [2.45, 2.75) is 51.0 Å². The van der Waals surface area contributed by atoms with Crippen LogP contribution in [-0.4, -0.2) is 11.4 Å². The Morgan fingerprint density at radius 1 is 1.21 bits per heavy atom. The SMILES string of the molecule is Cc1ccsc1C(=O)NC12CC3CC(CC(C3)C1)C2. The standard InChI is InChI=1S/C16H21NOS/c1-10-2-3-19-14(10)15(18)17-16-7-11-4-12(8-16)6-13(5-11)9-16/h2-3,11-13H,4-9H2,1H3,(H,17,18). The zero-order chi connectivity index (χ0) is 13.0. The lowest BCUT2D eigenvalue weighted by Crippen LogP contribution is -2.59. The lowest BCUT2D eigenvalue weighted by atomic mass is 9.53. The summed E-state index contributed by atoms with van der Waals surface area (Å²) in [4.78, 5) is 13.4. The van der Waals surface area contributed by atoms with Crippen LogP contribution in [0, 0.1) is 24.7 Å². The fourth-order valence-corrected chi connectivity index (χ4v) is 5.99. The molecule has 19 heavy (non-hydrogen) atoms. The molecule has 4 fully saturated rings. The Morgan fingerprint density at radius 2 is 1.79 bits per heavy atom. The average molecular weight is 275 g/mol. The maximum Gasteiger partial charge on any atom is 0.262 e. The molecule has 1 amide bonds. The highest BCUT2D eigenvalue weighted by Crippen LogP contribution is 2.55. The first-order valence-electron chi connectivity index (χ1n) is 7.50. The predicted octanol–water partition coefficient (Wildman–Crippen LogP) is 3.76. The van der Waals surface area contributed by atoms with Crippen molar-refractivity contribution in [3.05, 3.63) is 21.9 Å². The maximum atomic E-state index is 12.5. The van der Waals surface area contributed by atoms with E-state index in [9.17, 15) is 4.79 Å². The molecule has 4 bridgehead atoms. The van der Waals surface area contributed by atoms with Crippen molar-refractivity contribution in [2.75, 3.05) is 0 Å². The van der Waals surface area contributed by atoms with Crippen LogP contribution in [0.15, 0.2) is 11.4 Å². The number of aryl methyl sites for hydroxylation is 1. The van der Waals surface area contributed by atoms with Gasteiger partial charge < -0.3 is 5.32 Å². The number of thiophene rings is 1. The van der Waals surface area contributed by atoms with E-state index in [0.717, 1.165) is 28.2 Å². The van der Waals surface area contributed by atoms with Crippen LogP contribution >= 0.6 is 11.3 Å². The molecule has 102 valence electrons. The molecule has 0 aromatic carbocycles.